The Kier molecular flexibility index (Phi) is 4.84. The highest BCUT2D eigenvalue weighted by Crippen LogP contribution is 2.25. The number of carbonyl (C=O) groups is 1. The third-order valence-electron chi connectivity index (χ3n) is 4.75. The Morgan fingerprint density at radius 1 is 1.04 bits per heavy atom. The van der Waals surface area contributed by atoms with E-state index in [0.29, 0.717) is 0 Å². The van der Waals surface area contributed by atoms with Crippen LogP contribution >= 0.6 is 11.8 Å². The minimum atomic E-state index is -0.149. The van der Waals surface area contributed by atoms with Crippen LogP contribution in [0.3, 0.4) is 0 Å². The van der Waals surface area contributed by atoms with Gasteiger partial charge in [0.25, 0.3) is 0 Å². The molecular weight excluding hydrogens is 344 g/mol. The first-order chi connectivity index (χ1) is 12.7. The molecule has 3 aromatic rings. The summed E-state index contributed by atoms with van der Waals surface area (Å²) in [6.45, 7) is 5.25. The highest BCUT2D eigenvalue weighted by Gasteiger charge is 2.26. The van der Waals surface area contributed by atoms with Gasteiger partial charge in [-0.1, -0.05) is 36.0 Å². The SMILES string of the molecule is CC(Sc1ncc2ccccn12)C(=O)N1CCN(c2ccccc2)CC1. The van der Waals surface area contributed by atoms with Gasteiger partial charge in [0.2, 0.25) is 5.91 Å². The number of para-hydroxylation sites is 1. The molecular formula is C20H22N4OS. The van der Waals surface area contributed by atoms with Gasteiger partial charge in [-0.05, 0) is 31.2 Å². The minimum Gasteiger partial charge on any atom is -0.368 e. The molecule has 1 unspecified atom stereocenters. The molecule has 5 nitrogen and oxygen atoms in total. The van der Waals surface area contributed by atoms with E-state index in [1.54, 1.807) is 0 Å². The number of hydrogen-bond donors (Lipinski definition) is 0. The summed E-state index contributed by atoms with van der Waals surface area (Å²) < 4.78 is 2.03. The van der Waals surface area contributed by atoms with Gasteiger partial charge in [-0.3, -0.25) is 9.20 Å². The van der Waals surface area contributed by atoms with Gasteiger partial charge in [0.05, 0.1) is 17.0 Å². The van der Waals surface area contributed by atoms with Crippen LogP contribution in [0, 0.1) is 0 Å². The fourth-order valence-corrected chi connectivity index (χ4v) is 4.26. The Balaban J connectivity index is 1.37. The van der Waals surface area contributed by atoms with Crippen molar-refractivity contribution in [1.82, 2.24) is 14.3 Å². The number of thioether (sulfide) groups is 1. The summed E-state index contributed by atoms with van der Waals surface area (Å²) in [7, 11) is 0. The number of carbonyl (C=O) groups excluding carboxylic acids is 1. The first kappa shape index (κ1) is 17.0. The van der Waals surface area contributed by atoms with Crippen molar-refractivity contribution in [3.8, 4) is 0 Å². The molecule has 1 aromatic carbocycles. The Morgan fingerprint density at radius 2 is 1.77 bits per heavy atom. The van der Waals surface area contributed by atoms with Gasteiger partial charge in [0.1, 0.15) is 0 Å². The van der Waals surface area contributed by atoms with E-state index >= 15 is 0 Å². The predicted octanol–water partition coefficient (Wildman–Crippen LogP) is 3.16. The fraction of sp³-hybridized carbons (Fsp3) is 0.300. The third kappa shape index (κ3) is 3.42. The normalized spacial score (nSPS) is 16.0. The Morgan fingerprint density at radius 3 is 2.54 bits per heavy atom. The van der Waals surface area contributed by atoms with E-state index in [0.717, 1.165) is 36.9 Å². The van der Waals surface area contributed by atoms with Gasteiger partial charge in [-0.2, -0.15) is 0 Å². The van der Waals surface area contributed by atoms with Crippen molar-refractivity contribution in [2.45, 2.75) is 17.3 Å². The lowest BCUT2D eigenvalue weighted by Crippen LogP contribution is -2.50. The zero-order valence-electron chi connectivity index (χ0n) is 14.8. The molecule has 6 heteroatoms. The van der Waals surface area contributed by atoms with E-state index < -0.39 is 0 Å². The summed E-state index contributed by atoms with van der Waals surface area (Å²) >= 11 is 1.53. The topological polar surface area (TPSA) is 40.9 Å². The Bertz CT molecular complexity index is 887. The van der Waals surface area contributed by atoms with Crippen LogP contribution in [0.5, 0.6) is 0 Å². The first-order valence-electron chi connectivity index (χ1n) is 8.90. The standard InChI is InChI=1S/C20H22N4OS/c1-16(26-20-21-15-18-9-5-6-10-24(18)20)19(25)23-13-11-22(12-14-23)17-7-3-2-4-8-17/h2-10,15-16H,11-14H2,1H3. The lowest BCUT2D eigenvalue weighted by molar-refractivity contribution is -0.130. The number of anilines is 1. The molecule has 1 aliphatic rings. The molecule has 26 heavy (non-hydrogen) atoms. The molecule has 1 atom stereocenters. The molecule has 0 spiro atoms. The monoisotopic (exact) mass is 366 g/mol. The molecule has 0 saturated carbocycles. The largest absolute Gasteiger partial charge is 0.368 e. The number of pyridine rings is 1. The van der Waals surface area contributed by atoms with Crippen molar-refractivity contribution in [2.75, 3.05) is 31.1 Å². The van der Waals surface area contributed by atoms with Crippen molar-refractivity contribution in [3.63, 3.8) is 0 Å². The summed E-state index contributed by atoms with van der Waals surface area (Å²) in [5.74, 6) is 0.190. The van der Waals surface area contributed by atoms with Crippen molar-refractivity contribution in [2.24, 2.45) is 0 Å². The van der Waals surface area contributed by atoms with E-state index in [2.05, 4.69) is 34.1 Å². The number of imidazole rings is 1. The number of nitrogens with zero attached hydrogens (tertiary/aromatic N) is 4. The van der Waals surface area contributed by atoms with Gasteiger partial charge >= 0.3 is 0 Å². The third-order valence-corrected chi connectivity index (χ3v) is 5.82. The quantitative estimate of drug-likeness (QED) is 0.665. The second-order valence-electron chi connectivity index (χ2n) is 6.44. The van der Waals surface area contributed by atoms with E-state index in [9.17, 15) is 4.79 Å². The van der Waals surface area contributed by atoms with Gasteiger partial charge < -0.3 is 9.80 Å². The number of aromatic nitrogens is 2. The number of rotatable bonds is 4. The van der Waals surface area contributed by atoms with Crippen molar-refractivity contribution in [3.05, 3.63) is 60.9 Å². The highest BCUT2D eigenvalue weighted by molar-refractivity contribution is 8.00. The van der Waals surface area contributed by atoms with Gasteiger partial charge in [0, 0.05) is 38.1 Å². The van der Waals surface area contributed by atoms with Gasteiger partial charge in [-0.15, -0.1) is 0 Å². The average Bonchev–Trinajstić information content (AvgIpc) is 3.11. The summed E-state index contributed by atoms with van der Waals surface area (Å²) in [6, 6.07) is 16.4. The Labute approximate surface area is 157 Å². The lowest BCUT2D eigenvalue weighted by atomic mass is 10.2. The van der Waals surface area contributed by atoms with E-state index in [1.807, 2.05) is 52.9 Å². The molecule has 4 rings (SSSR count). The maximum Gasteiger partial charge on any atom is 0.236 e. The number of amides is 1. The van der Waals surface area contributed by atoms with Crippen LogP contribution in [-0.4, -0.2) is 51.6 Å². The average molecular weight is 366 g/mol. The molecule has 0 radical (unpaired) electrons. The van der Waals surface area contributed by atoms with E-state index in [4.69, 9.17) is 0 Å². The van der Waals surface area contributed by atoms with Crippen LogP contribution in [0.25, 0.3) is 5.52 Å². The molecule has 1 saturated heterocycles. The summed E-state index contributed by atoms with van der Waals surface area (Å²) in [5, 5.41) is 0.716. The maximum atomic E-state index is 12.9. The van der Waals surface area contributed by atoms with Crippen LogP contribution in [0.1, 0.15) is 6.92 Å². The summed E-state index contributed by atoms with van der Waals surface area (Å²) in [6.07, 6.45) is 3.83. The van der Waals surface area contributed by atoms with E-state index in [1.165, 1.54) is 17.4 Å². The lowest BCUT2D eigenvalue weighted by Gasteiger charge is -2.37. The van der Waals surface area contributed by atoms with Gasteiger partial charge in [-0.25, -0.2) is 4.98 Å². The maximum absolute atomic E-state index is 12.9. The molecule has 0 bridgehead atoms. The fourth-order valence-electron chi connectivity index (χ4n) is 3.30. The minimum absolute atomic E-state index is 0.149. The molecule has 1 amide bonds. The predicted molar refractivity (Wildman–Crippen MR) is 106 cm³/mol. The number of piperazine rings is 1. The molecule has 3 heterocycles. The Hall–Kier alpha value is -2.47. The molecule has 0 N–H and O–H groups in total. The molecule has 1 fully saturated rings. The molecule has 0 aliphatic carbocycles. The second-order valence-corrected chi connectivity index (χ2v) is 7.75. The molecule has 2 aromatic heterocycles. The van der Waals surface area contributed by atoms with Crippen molar-refractivity contribution >= 4 is 28.9 Å². The first-order valence-corrected chi connectivity index (χ1v) is 9.78. The van der Waals surface area contributed by atoms with Crippen LogP contribution in [0.4, 0.5) is 5.69 Å². The number of hydrogen-bond acceptors (Lipinski definition) is 4. The van der Waals surface area contributed by atoms with Crippen LogP contribution in [0.15, 0.2) is 66.1 Å². The molecule has 134 valence electrons. The summed E-state index contributed by atoms with van der Waals surface area (Å²) in [5.41, 5.74) is 2.28. The van der Waals surface area contributed by atoms with Crippen LogP contribution in [0.2, 0.25) is 0 Å². The van der Waals surface area contributed by atoms with Gasteiger partial charge in [0.15, 0.2) is 5.16 Å². The highest BCUT2D eigenvalue weighted by atomic mass is 32.2. The smallest absolute Gasteiger partial charge is 0.236 e. The molecule has 1 aliphatic heterocycles. The van der Waals surface area contributed by atoms with Crippen molar-refractivity contribution in [1.29, 1.82) is 0 Å². The zero-order valence-corrected chi connectivity index (χ0v) is 15.6. The van der Waals surface area contributed by atoms with Crippen LogP contribution in [-0.2, 0) is 4.79 Å². The summed E-state index contributed by atoms with van der Waals surface area (Å²) in [4.78, 5) is 21.6. The zero-order chi connectivity index (χ0) is 17.9. The number of fused-ring (bicyclic) bond motifs is 1. The van der Waals surface area contributed by atoms with Crippen LogP contribution < -0.4 is 4.90 Å². The van der Waals surface area contributed by atoms with E-state index in [-0.39, 0.29) is 11.2 Å². The number of benzene rings is 1. The second kappa shape index (κ2) is 7.41. The van der Waals surface area contributed by atoms with Crippen molar-refractivity contribution < 1.29 is 4.79 Å².